The van der Waals surface area contributed by atoms with Gasteiger partial charge in [-0.3, -0.25) is 14.7 Å². The summed E-state index contributed by atoms with van der Waals surface area (Å²) < 4.78 is 10.3. The number of fused-ring (bicyclic) bond motifs is 2. The van der Waals surface area contributed by atoms with Gasteiger partial charge >= 0.3 is 7.55 Å². The maximum atomic E-state index is 11.9. The van der Waals surface area contributed by atoms with Gasteiger partial charge in [-0.25, -0.2) is 0 Å². The highest BCUT2D eigenvalue weighted by Crippen LogP contribution is 2.37. The van der Waals surface area contributed by atoms with Crippen molar-refractivity contribution in [2.45, 2.75) is 52.0 Å². The molecule has 1 fully saturated rings. The van der Waals surface area contributed by atoms with Crippen molar-refractivity contribution in [1.82, 2.24) is 20.4 Å². The molecule has 0 saturated heterocycles. The van der Waals surface area contributed by atoms with Gasteiger partial charge in [-0.15, -0.1) is 16.6 Å². The fourth-order valence-electron chi connectivity index (χ4n) is 6.75. The van der Waals surface area contributed by atoms with E-state index in [0.29, 0.717) is 18.8 Å². The van der Waals surface area contributed by atoms with E-state index in [4.69, 9.17) is 16.3 Å². The zero-order valence-electron chi connectivity index (χ0n) is 26.1. The molecule has 0 bridgehead atoms. The lowest BCUT2D eigenvalue weighted by Gasteiger charge is -2.23. The van der Waals surface area contributed by atoms with Crippen molar-refractivity contribution in [2.75, 3.05) is 23.1 Å². The van der Waals surface area contributed by atoms with Crippen molar-refractivity contribution < 1.29 is 14.0 Å². The van der Waals surface area contributed by atoms with Gasteiger partial charge in [0.15, 0.2) is 0 Å². The van der Waals surface area contributed by atoms with Crippen LogP contribution in [0.25, 0.3) is 5.57 Å². The predicted octanol–water partition coefficient (Wildman–Crippen LogP) is 5.95. The van der Waals surface area contributed by atoms with Gasteiger partial charge in [-0.1, -0.05) is 68.0 Å². The molecule has 4 heterocycles. The minimum absolute atomic E-state index is 0.0835. The Labute approximate surface area is 275 Å². The van der Waals surface area contributed by atoms with Crippen LogP contribution in [0.1, 0.15) is 62.3 Å². The first-order valence-electron chi connectivity index (χ1n) is 16.2. The van der Waals surface area contributed by atoms with Crippen LogP contribution in [0.15, 0.2) is 90.4 Å². The Morgan fingerprint density at radius 1 is 1.07 bits per heavy atom. The Hall–Kier alpha value is -4.41. The Kier molecular flexibility index (Phi) is 8.90. The summed E-state index contributed by atoms with van der Waals surface area (Å²) in [6, 6.07) is 20.3. The minimum atomic E-state index is -0.231. The van der Waals surface area contributed by atoms with Gasteiger partial charge < -0.3 is 19.8 Å². The van der Waals surface area contributed by atoms with Gasteiger partial charge in [0.05, 0.1) is 18.1 Å². The smallest absolute Gasteiger partial charge is 0.494 e. The number of nitrogens with zero attached hydrogens (tertiary/aromatic N) is 3. The fraction of sp³-hybridized carbons (Fsp3) is 0.314. The summed E-state index contributed by atoms with van der Waals surface area (Å²) in [6.07, 6.45) is 14.2. The normalized spacial score (nSPS) is 17.3. The summed E-state index contributed by atoms with van der Waals surface area (Å²) in [4.78, 5) is 11.9. The summed E-state index contributed by atoms with van der Waals surface area (Å²) in [6.45, 7) is 3.24. The number of allylic oxidation sites excluding steroid dienone is 2. The van der Waals surface area contributed by atoms with Gasteiger partial charge in [0.25, 0.3) is 5.84 Å². The molecule has 235 valence electrons. The monoisotopic (exact) mass is 635 g/mol. The van der Waals surface area contributed by atoms with E-state index in [1.807, 2.05) is 49.4 Å². The number of amidine groups is 1. The minimum Gasteiger partial charge on any atom is -0.494 e. The number of hydrogen-bond acceptors (Lipinski definition) is 6. The molecule has 1 amide bonds. The number of amides is 1. The second kappa shape index (κ2) is 13.5. The summed E-state index contributed by atoms with van der Waals surface area (Å²) in [5, 5.41) is 8.56. The predicted molar refractivity (Wildman–Crippen MR) is 184 cm³/mol. The lowest BCUT2D eigenvalue weighted by Crippen LogP contribution is -2.44. The number of halogens is 1. The molecule has 1 radical (unpaired) electrons. The molecule has 1 saturated carbocycles. The van der Waals surface area contributed by atoms with E-state index in [-0.39, 0.29) is 11.8 Å². The molecule has 2 aromatic carbocycles. The number of anilines is 2. The van der Waals surface area contributed by atoms with E-state index in [1.54, 1.807) is 0 Å². The Balaban J connectivity index is 1.22. The quantitative estimate of drug-likeness (QED) is 0.163. The molecule has 3 aliphatic heterocycles. The molecule has 9 nitrogen and oxygen atoms in total. The zero-order valence-corrected chi connectivity index (χ0v) is 26.8. The molecular formula is C35H39BClN7O2+. The topological polar surface area (TPSA) is 85.6 Å². The molecule has 11 heteroatoms. The molecule has 7 rings (SSSR count). The SMILES string of the molecule is CCOc1ccccc1CNc1ccc2n1[B][N+]1=C(N3C=C(CC4CCCCC4)NN3)C=CC1=C2c1ccc(NC(=O)CCl)cc1. The molecule has 46 heavy (non-hydrogen) atoms. The van der Waals surface area contributed by atoms with Crippen molar-refractivity contribution >= 4 is 48.0 Å². The van der Waals surface area contributed by atoms with Crippen LogP contribution in [0.5, 0.6) is 5.75 Å². The molecule has 1 aromatic heterocycles. The Morgan fingerprint density at radius 3 is 2.70 bits per heavy atom. The maximum Gasteiger partial charge on any atom is 0.553 e. The number of carbonyl (C=O) groups is 1. The number of aromatic nitrogens is 1. The number of para-hydroxylation sites is 1. The van der Waals surface area contributed by atoms with E-state index in [1.165, 1.54) is 37.8 Å². The molecule has 1 aliphatic carbocycles. The zero-order chi connectivity index (χ0) is 31.5. The van der Waals surface area contributed by atoms with Gasteiger partial charge in [-0.05, 0) is 61.2 Å². The van der Waals surface area contributed by atoms with E-state index in [9.17, 15) is 4.79 Å². The van der Waals surface area contributed by atoms with Crippen molar-refractivity contribution in [1.29, 1.82) is 0 Å². The number of hydrogen-bond donors (Lipinski definition) is 4. The average molecular weight is 636 g/mol. The van der Waals surface area contributed by atoms with E-state index < -0.39 is 0 Å². The highest BCUT2D eigenvalue weighted by Gasteiger charge is 2.38. The number of nitrogens with one attached hydrogen (secondary N) is 4. The fourth-order valence-corrected chi connectivity index (χ4v) is 6.82. The second-order valence-corrected chi connectivity index (χ2v) is 12.3. The number of ether oxygens (including phenoxy) is 1. The van der Waals surface area contributed by atoms with Crippen molar-refractivity contribution in [3.8, 4) is 5.75 Å². The van der Waals surface area contributed by atoms with Crippen LogP contribution in [0.2, 0.25) is 0 Å². The van der Waals surface area contributed by atoms with Gasteiger partial charge in [0, 0.05) is 35.1 Å². The van der Waals surface area contributed by atoms with E-state index in [0.717, 1.165) is 57.8 Å². The largest absolute Gasteiger partial charge is 0.553 e. The Bertz CT molecular complexity index is 1740. The number of benzene rings is 2. The van der Waals surface area contributed by atoms with E-state index >= 15 is 0 Å². The molecule has 4 aliphatic rings. The second-order valence-electron chi connectivity index (χ2n) is 12.0. The van der Waals surface area contributed by atoms with Crippen molar-refractivity contribution in [3.05, 3.63) is 107 Å². The first kappa shape index (κ1) is 30.3. The summed E-state index contributed by atoms with van der Waals surface area (Å²) in [5.74, 6) is 3.28. The Morgan fingerprint density at radius 2 is 1.89 bits per heavy atom. The van der Waals surface area contributed by atoms with Crippen LogP contribution in [0.3, 0.4) is 0 Å². The highest BCUT2D eigenvalue weighted by atomic mass is 35.5. The van der Waals surface area contributed by atoms with Gasteiger partial charge in [0.2, 0.25) is 5.91 Å². The third-order valence-electron chi connectivity index (χ3n) is 8.97. The third kappa shape index (κ3) is 6.19. The van der Waals surface area contributed by atoms with Gasteiger partial charge in [0.1, 0.15) is 23.5 Å². The van der Waals surface area contributed by atoms with Crippen LogP contribution in [0.4, 0.5) is 11.5 Å². The lowest BCUT2D eigenvalue weighted by molar-refractivity contribution is -0.320. The number of rotatable bonds is 10. The van der Waals surface area contributed by atoms with Crippen LogP contribution in [-0.4, -0.2) is 45.8 Å². The third-order valence-corrected chi connectivity index (χ3v) is 9.21. The number of alkyl halides is 1. The number of carbonyl (C=O) groups excluding carboxylic acids is 1. The molecule has 0 atom stereocenters. The summed E-state index contributed by atoms with van der Waals surface area (Å²) >= 11 is 5.72. The van der Waals surface area contributed by atoms with Crippen LogP contribution in [-0.2, 0) is 11.3 Å². The molecular weight excluding hydrogens is 597 g/mol. The lowest BCUT2D eigenvalue weighted by atomic mass is 9.86. The highest BCUT2D eigenvalue weighted by molar-refractivity contribution is 6.30. The van der Waals surface area contributed by atoms with E-state index in [2.05, 4.69) is 79.7 Å². The van der Waals surface area contributed by atoms with Crippen LogP contribution >= 0.6 is 11.6 Å². The summed E-state index contributed by atoms with van der Waals surface area (Å²) in [5.41, 5.74) is 14.1. The van der Waals surface area contributed by atoms with Crippen LogP contribution in [0, 0.1) is 5.92 Å². The molecule has 4 N–H and O–H groups in total. The standard InChI is InChI=1S/C35H39BClN7O2/c1-2-46-31-11-7-6-10-26(31)22-38-32-18-16-29-35(25-12-14-27(15-13-25)39-33(45)21-37)30-17-19-34(44(30)36-43(29)32)42-23-28(40-41-42)20-24-8-4-3-5-9-24/h6-7,10-19,23-24,38,40-41H,2-5,8-9,20-22H2,1H3,(H,39,45)/q+1. The average Bonchev–Trinajstić information content (AvgIpc) is 3.83. The number of hydrazine groups is 2. The maximum absolute atomic E-state index is 11.9. The van der Waals surface area contributed by atoms with Crippen molar-refractivity contribution in [2.24, 2.45) is 5.92 Å². The first-order chi connectivity index (χ1) is 22.6. The molecule has 3 aromatic rings. The van der Waals surface area contributed by atoms with Crippen molar-refractivity contribution in [3.63, 3.8) is 0 Å². The molecule has 0 spiro atoms. The first-order valence-corrected chi connectivity index (χ1v) is 16.7. The molecule has 0 unspecified atom stereocenters. The van der Waals surface area contributed by atoms with Gasteiger partial charge in [-0.2, -0.15) is 0 Å². The summed E-state index contributed by atoms with van der Waals surface area (Å²) in [7, 11) is 2.14. The van der Waals surface area contributed by atoms with Crippen LogP contribution < -0.4 is 26.3 Å².